The Kier molecular flexibility index (Phi) is 3.78. The fraction of sp³-hybridized carbons (Fsp3) is 1.00. The highest BCUT2D eigenvalue weighted by Crippen LogP contribution is 2.24. The summed E-state index contributed by atoms with van der Waals surface area (Å²) >= 11 is 0. The number of nitrogens with zero attached hydrogens (tertiary/aromatic N) is 1. The van der Waals surface area contributed by atoms with Gasteiger partial charge in [0.1, 0.15) is 0 Å². The molecule has 0 amide bonds. The maximum absolute atomic E-state index is 9.60. The van der Waals surface area contributed by atoms with Gasteiger partial charge in [-0.15, -0.1) is 0 Å². The zero-order valence-corrected chi connectivity index (χ0v) is 11.3. The van der Waals surface area contributed by atoms with Crippen molar-refractivity contribution < 1.29 is 9.84 Å². The van der Waals surface area contributed by atoms with Gasteiger partial charge in [0.25, 0.3) is 0 Å². The summed E-state index contributed by atoms with van der Waals surface area (Å²) in [5, 5.41) is 13.2. The van der Waals surface area contributed by atoms with E-state index >= 15 is 0 Å². The van der Waals surface area contributed by atoms with Crippen LogP contribution in [-0.2, 0) is 4.74 Å². The van der Waals surface area contributed by atoms with Gasteiger partial charge in [-0.3, -0.25) is 4.90 Å². The minimum absolute atomic E-state index is 0.0613. The summed E-state index contributed by atoms with van der Waals surface area (Å²) in [5.74, 6) is 0. The van der Waals surface area contributed by atoms with Crippen LogP contribution in [0.15, 0.2) is 0 Å². The Bertz CT molecular complexity index is 266. The summed E-state index contributed by atoms with van der Waals surface area (Å²) in [5.41, 5.74) is -0.233. The minimum Gasteiger partial charge on any atom is -0.394 e. The zero-order chi connectivity index (χ0) is 12.5. The first-order chi connectivity index (χ1) is 7.92. The fourth-order valence-electron chi connectivity index (χ4n) is 2.60. The predicted octanol–water partition coefficient (Wildman–Crippen LogP) is 0.600. The van der Waals surface area contributed by atoms with Crippen molar-refractivity contribution in [3.8, 4) is 0 Å². The number of morpholine rings is 1. The SMILES string of the molecule is CC(CO)(CN1CCOC(C)(C)C1)NC1CC1. The van der Waals surface area contributed by atoms with Gasteiger partial charge in [0, 0.05) is 25.7 Å². The largest absolute Gasteiger partial charge is 0.394 e. The van der Waals surface area contributed by atoms with E-state index in [4.69, 9.17) is 4.74 Å². The van der Waals surface area contributed by atoms with Crippen molar-refractivity contribution in [2.45, 2.75) is 50.8 Å². The average molecular weight is 242 g/mol. The molecule has 4 heteroatoms. The molecule has 4 nitrogen and oxygen atoms in total. The van der Waals surface area contributed by atoms with Crippen LogP contribution in [0.2, 0.25) is 0 Å². The number of aliphatic hydroxyl groups excluding tert-OH is 1. The highest BCUT2D eigenvalue weighted by atomic mass is 16.5. The van der Waals surface area contributed by atoms with Gasteiger partial charge in [-0.2, -0.15) is 0 Å². The van der Waals surface area contributed by atoms with Gasteiger partial charge in [0.2, 0.25) is 0 Å². The van der Waals surface area contributed by atoms with Crippen molar-refractivity contribution in [3.05, 3.63) is 0 Å². The maximum Gasteiger partial charge on any atom is 0.0753 e. The van der Waals surface area contributed by atoms with E-state index in [0.29, 0.717) is 6.04 Å². The third-order valence-electron chi connectivity index (χ3n) is 3.56. The van der Waals surface area contributed by atoms with Gasteiger partial charge in [-0.05, 0) is 33.6 Å². The van der Waals surface area contributed by atoms with E-state index in [1.54, 1.807) is 0 Å². The van der Waals surface area contributed by atoms with Crippen molar-refractivity contribution in [2.75, 3.05) is 32.8 Å². The van der Waals surface area contributed by atoms with Crippen LogP contribution in [0.4, 0.5) is 0 Å². The van der Waals surface area contributed by atoms with Crippen molar-refractivity contribution in [3.63, 3.8) is 0 Å². The Labute approximate surface area is 104 Å². The van der Waals surface area contributed by atoms with Gasteiger partial charge < -0.3 is 15.2 Å². The predicted molar refractivity (Wildman–Crippen MR) is 68.1 cm³/mol. The molecule has 2 rings (SSSR count). The van der Waals surface area contributed by atoms with E-state index in [1.807, 2.05) is 0 Å². The second kappa shape index (κ2) is 4.84. The fourth-order valence-corrected chi connectivity index (χ4v) is 2.60. The molecule has 2 N–H and O–H groups in total. The lowest BCUT2D eigenvalue weighted by molar-refractivity contribution is -0.0925. The first-order valence-electron chi connectivity index (χ1n) is 6.67. The Hall–Kier alpha value is -0.160. The highest BCUT2D eigenvalue weighted by molar-refractivity contribution is 4.95. The molecule has 0 aromatic carbocycles. The molecule has 1 saturated carbocycles. The number of hydrogen-bond donors (Lipinski definition) is 2. The Morgan fingerprint density at radius 1 is 1.47 bits per heavy atom. The van der Waals surface area contributed by atoms with Crippen LogP contribution < -0.4 is 5.32 Å². The first-order valence-corrected chi connectivity index (χ1v) is 6.67. The number of aliphatic hydroxyl groups is 1. The van der Waals surface area contributed by atoms with Crippen molar-refractivity contribution in [1.82, 2.24) is 10.2 Å². The average Bonchev–Trinajstić information content (AvgIpc) is 3.00. The van der Waals surface area contributed by atoms with Crippen LogP contribution in [0, 0.1) is 0 Å². The Morgan fingerprint density at radius 2 is 2.18 bits per heavy atom. The topological polar surface area (TPSA) is 44.7 Å². The summed E-state index contributed by atoms with van der Waals surface area (Å²) in [6.07, 6.45) is 2.51. The lowest BCUT2D eigenvalue weighted by Gasteiger charge is -2.42. The van der Waals surface area contributed by atoms with Crippen LogP contribution in [0.3, 0.4) is 0 Å². The van der Waals surface area contributed by atoms with Crippen LogP contribution >= 0.6 is 0 Å². The Balaban J connectivity index is 1.88. The number of hydrogen-bond acceptors (Lipinski definition) is 4. The maximum atomic E-state index is 9.60. The number of rotatable bonds is 5. The van der Waals surface area contributed by atoms with Gasteiger partial charge in [0.15, 0.2) is 0 Å². The second-order valence-corrected chi connectivity index (χ2v) is 6.46. The lowest BCUT2D eigenvalue weighted by atomic mass is 10.00. The van der Waals surface area contributed by atoms with E-state index in [0.717, 1.165) is 26.2 Å². The monoisotopic (exact) mass is 242 g/mol. The molecular weight excluding hydrogens is 216 g/mol. The molecule has 1 saturated heterocycles. The van der Waals surface area contributed by atoms with Crippen molar-refractivity contribution in [2.24, 2.45) is 0 Å². The molecule has 0 aromatic rings. The second-order valence-electron chi connectivity index (χ2n) is 6.46. The molecule has 2 fully saturated rings. The molecule has 2 aliphatic rings. The van der Waals surface area contributed by atoms with Gasteiger partial charge >= 0.3 is 0 Å². The van der Waals surface area contributed by atoms with Crippen LogP contribution in [-0.4, -0.2) is 60.0 Å². The summed E-state index contributed by atoms with van der Waals surface area (Å²) in [6.45, 7) is 10.2. The van der Waals surface area contributed by atoms with E-state index < -0.39 is 0 Å². The smallest absolute Gasteiger partial charge is 0.0753 e. The molecule has 1 aliphatic carbocycles. The molecule has 100 valence electrons. The van der Waals surface area contributed by atoms with E-state index in [1.165, 1.54) is 12.8 Å². The third-order valence-corrected chi connectivity index (χ3v) is 3.56. The zero-order valence-electron chi connectivity index (χ0n) is 11.3. The van der Waals surface area contributed by atoms with Gasteiger partial charge in [-0.25, -0.2) is 0 Å². The summed E-state index contributed by atoms with van der Waals surface area (Å²) in [6, 6.07) is 0.626. The van der Waals surface area contributed by atoms with Crippen LogP contribution in [0.5, 0.6) is 0 Å². The summed E-state index contributed by atoms with van der Waals surface area (Å²) in [7, 11) is 0. The van der Waals surface area contributed by atoms with Gasteiger partial charge in [0.05, 0.1) is 24.4 Å². The molecule has 0 spiro atoms. The van der Waals surface area contributed by atoms with E-state index in [-0.39, 0.29) is 17.7 Å². The molecule has 0 radical (unpaired) electrons. The van der Waals surface area contributed by atoms with Crippen molar-refractivity contribution >= 4 is 0 Å². The number of nitrogens with one attached hydrogen (secondary N) is 1. The van der Waals surface area contributed by atoms with E-state index in [9.17, 15) is 5.11 Å². The van der Waals surface area contributed by atoms with Crippen LogP contribution in [0.1, 0.15) is 33.6 Å². The highest BCUT2D eigenvalue weighted by Gasteiger charge is 2.36. The standard InChI is InChI=1S/C13H26N2O2/c1-12(2)8-15(6-7-17-12)9-13(3,10-16)14-11-4-5-11/h11,14,16H,4-10H2,1-3H3. The number of ether oxygens (including phenoxy) is 1. The molecule has 1 heterocycles. The van der Waals surface area contributed by atoms with Crippen molar-refractivity contribution in [1.29, 1.82) is 0 Å². The summed E-state index contributed by atoms with van der Waals surface area (Å²) < 4.78 is 5.71. The molecule has 1 unspecified atom stereocenters. The molecular formula is C13H26N2O2. The normalized spacial score (nSPS) is 28.9. The summed E-state index contributed by atoms with van der Waals surface area (Å²) in [4.78, 5) is 2.40. The van der Waals surface area contributed by atoms with Crippen LogP contribution in [0.25, 0.3) is 0 Å². The molecule has 0 bridgehead atoms. The lowest BCUT2D eigenvalue weighted by Crippen LogP contribution is -2.59. The van der Waals surface area contributed by atoms with E-state index in [2.05, 4.69) is 31.0 Å². The quantitative estimate of drug-likeness (QED) is 0.741. The van der Waals surface area contributed by atoms with Gasteiger partial charge in [-0.1, -0.05) is 0 Å². The molecule has 17 heavy (non-hydrogen) atoms. The minimum atomic E-state index is -0.172. The first kappa shape index (κ1) is 13.3. The molecule has 0 aromatic heterocycles. The Morgan fingerprint density at radius 3 is 2.71 bits per heavy atom. The molecule has 1 aliphatic heterocycles. The molecule has 1 atom stereocenters. The third kappa shape index (κ3) is 3.91.